The van der Waals surface area contributed by atoms with Crippen LogP contribution in [0.5, 0.6) is 0 Å². The molecular formula is C27H30N2O5. The Hall–Kier alpha value is -3.61. The fraction of sp³-hybridized carbons (Fsp3) is 0.370. The smallest absolute Gasteiger partial charge is 0.407 e. The van der Waals surface area contributed by atoms with Crippen LogP contribution >= 0.6 is 0 Å². The Balaban J connectivity index is 1.40. The summed E-state index contributed by atoms with van der Waals surface area (Å²) in [6.07, 6.45) is 2.90. The van der Waals surface area contributed by atoms with E-state index < -0.39 is 29.4 Å². The van der Waals surface area contributed by atoms with Crippen molar-refractivity contribution >= 4 is 18.0 Å². The first-order valence-electron chi connectivity index (χ1n) is 11.5. The summed E-state index contributed by atoms with van der Waals surface area (Å²) in [5.41, 5.74) is 3.93. The van der Waals surface area contributed by atoms with Crippen LogP contribution in [0.2, 0.25) is 0 Å². The van der Waals surface area contributed by atoms with Crippen LogP contribution in [0.25, 0.3) is 11.1 Å². The van der Waals surface area contributed by atoms with Crippen molar-refractivity contribution in [2.45, 2.75) is 45.2 Å². The number of ether oxygens (including phenoxy) is 1. The number of rotatable bonds is 6. The summed E-state index contributed by atoms with van der Waals surface area (Å²) in [5.74, 6) is -1.98. The minimum absolute atomic E-state index is 0.0726. The van der Waals surface area contributed by atoms with E-state index in [0.29, 0.717) is 6.42 Å². The molecule has 7 nitrogen and oxygen atoms in total. The number of carboxylic acid groups (broad SMARTS) is 1. The van der Waals surface area contributed by atoms with Gasteiger partial charge in [0.25, 0.3) is 0 Å². The van der Waals surface area contributed by atoms with Gasteiger partial charge in [-0.25, -0.2) is 4.79 Å². The van der Waals surface area contributed by atoms with Crippen molar-refractivity contribution in [2.75, 3.05) is 6.61 Å². The van der Waals surface area contributed by atoms with Crippen molar-refractivity contribution in [2.24, 2.45) is 11.3 Å². The lowest BCUT2D eigenvalue weighted by molar-refractivity contribution is -0.140. The summed E-state index contributed by atoms with van der Waals surface area (Å²) in [6.45, 7) is 5.71. The maximum atomic E-state index is 13.0. The van der Waals surface area contributed by atoms with Gasteiger partial charge in [-0.15, -0.1) is 0 Å². The van der Waals surface area contributed by atoms with Gasteiger partial charge < -0.3 is 20.5 Å². The molecule has 0 aliphatic heterocycles. The van der Waals surface area contributed by atoms with Crippen LogP contribution in [0.3, 0.4) is 0 Å². The Morgan fingerprint density at radius 1 is 1.00 bits per heavy atom. The summed E-state index contributed by atoms with van der Waals surface area (Å²) in [4.78, 5) is 36.9. The average molecular weight is 463 g/mol. The number of hydrogen-bond acceptors (Lipinski definition) is 4. The molecule has 7 heteroatoms. The number of aliphatic carboxylic acids is 1. The second-order valence-corrected chi connectivity index (χ2v) is 9.95. The highest BCUT2D eigenvalue weighted by Gasteiger charge is 2.36. The molecule has 0 fully saturated rings. The van der Waals surface area contributed by atoms with Crippen molar-refractivity contribution < 1.29 is 24.2 Å². The van der Waals surface area contributed by atoms with E-state index in [2.05, 4.69) is 22.8 Å². The molecule has 0 saturated heterocycles. The predicted octanol–water partition coefficient (Wildman–Crippen LogP) is 4.09. The molecule has 0 radical (unpaired) electrons. The van der Waals surface area contributed by atoms with Gasteiger partial charge in [0.2, 0.25) is 5.91 Å². The Bertz CT molecular complexity index is 1090. The van der Waals surface area contributed by atoms with Gasteiger partial charge in [-0.1, -0.05) is 81.5 Å². The van der Waals surface area contributed by atoms with E-state index in [1.165, 1.54) is 0 Å². The van der Waals surface area contributed by atoms with E-state index in [1.807, 2.05) is 57.2 Å². The van der Waals surface area contributed by atoms with Gasteiger partial charge in [0.15, 0.2) is 0 Å². The van der Waals surface area contributed by atoms with Crippen molar-refractivity contribution in [1.82, 2.24) is 10.6 Å². The Labute approximate surface area is 199 Å². The molecule has 0 bridgehead atoms. The van der Waals surface area contributed by atoms with E-state index >= 15 is 0 Å². The molecule has 2 unspecified atom stereocenters. The zero-order valence-corrected chi connectivity index (χ0v) is 19.6. The number of amides is 2. The maximum Gasteiger partial charge on any atom is 0.407 e. The van der Waals surface area contributed by atoms with Gasteiger partial charge >= 0.3 is 12.1 Å². The molecule has 2 aromatic rings. The van der Waals surface area contributed by atoms with Crippen LogP contribution in [0, 0.1) is 11.3 Å². The highest BCUT2D eigenvalue weighted by molar-refractivity contribution is 5.87. The first kappa shape index (κ1) is 23.5. The van der Waals surface area contributed by atoms with Crippen LogP contribution in [0.1, 0.15) is 44.2 Å². The molecule has 3 N–H and O–H groups in total. The predicted molar refractivity (Wildman–Crippen MR) is 128 cm³/mol. The second-order valence-electron chi connectivity index (χ2n) is 9.95. The summed E-state index contributed by atoms with van der Waals surface area (Å²) in [5, 5.41) is 14.7. The maximum absolute atomic E-state index is 13.0. The molecule has 2 amide bonds. The number of hydrogen-bond donors (Lipinski definition) is 3. The monoisotopic (exact) mass is 462 g/mol. The standard InChI is InChI=1S/C27H30N2O5/c1-27(2,3)23(24(30)28-17-13-12-16(14-17)25(31)32)29-26(33)34-15-22-20-10-6-4-8-18(20)19-9-5-7-11-21(19)22/h4-13,16-17,22-23H,14-15H2,1-3H3,(H,28,30)(H,29,33)(H,31,32)/t16?,17?,23-/m0/s1. The molecule has 2 aromatic carbocycles. The minimum Gasteiger partial charge on any atom is -0.481 e. The van der Waals surface area contributed by atoms with Gasteiger partial charge in [0, 0.05) is 12.0 Å². The molecule has 0 aromatic heterocycles. The summed E-state index contributed by atoms with van der Waals surface area (Å²) >= 11 is 0. The SMILES string of the molecule is CC(C)(C)[C@@H](NC(=O)OCC1c2ccccc2-c2ccccc21)C(=O)NC1C=CC(C(=O)O)C1. The number of carboxylic acids is 1. The van der Waals surface area contributed by atoms with Crippen LogP contribution in [-0.4, -0.2) is 41.8 Å². The fourth-order valence-electron chi connectivity index (χ4n) is 4.69. The topological polar surface area (TPSA) is 105 Å². The molecule has 2 aliphatic carbocycles. The molecule has 3 atom stereocenters. The third-order valence-corrected chi connectivity index (χ3v) is 6.46. The summed E-state index contributed by atoms with van der Waals surface area (Å²) in [7, 11) is 0. The Kier molecular flexibility index (Phi) is 6.46. The van der Waals surface area contributed by atoms with Crippen LogP contribution < -0.4 is 10.6 Å². The first-order valence-corrected chi connectivity index (χ1v) is 11.5. The van der Waals surface area contributed by atoms with Crippen molar-refractivity contribution in [3.05, 3.63) is 71.8 Å². The molecule has 0 spiro atoms. The lowest BCUT2D eigenvalue weighted by Gasteiger charge is -2.31. The molecule has 34 heavy (non-hydrogen) atoms. The Morgan fingerprint density at radius 2 is 1.59 bits per heavy atom. The Morgan fingerprint density at radius 3 is 2.12 bits per heavy atom. The number of fused-ring (bicyclic) bond motifs is 3. The van der Waals surface area contributed by atoms with E-state index in [4.69, 9.17) is 9.84 Å². The van der Waals surface area contributed by atoms with E-state index in [1.54, 1.807) is 12.2 Å². The number of alkyl carbamates (subject to hydrolysis) is 1. The van der Waals surface area contributed by atoms with Crippen molar-refractivity contribution in [1.29, 1.82) is 0 Å². The van der Waals surface area contributed by atoms with Crippen LogP contribution in [0.15, 0.2) is 60.7 Å². The molecule has 0 heterocycles. The lowest BCUT2D eigenvalue weighted by atomic mass is 9.86. The van der Waals surface area contributed by atoms with Crippen molar-refractivity contribution in [3.8, 4) is 11.1 Å². The fourth-order valence-corrected chi connectivity index (χ4v) is 4.69. The third-order valence-electron chi connectivity index (χ3n) is 6.46. The first-order chi connectivity index (χ1) is 16.1. The number of nitrogens with one attached hydrogen (secondary N) is 2. The summed E-state index contributed by atoms with van der Waals surface area (Å²) < 4.78 is 5.61. The zero-order valence-electron chi connectivity index (χ0n) is 19.6. The third kappa shape index (κ3) is 4.83. The molecular weight excluding hydrogens is 432 g/mol. The second kappa shape index (κ2) is 9.33. The van der Waals surface area contributed by atoms with Crippen LogP contribution in [0.4, 0.5) is 4.79 Å². The van der Waals surface area contributed by atoms with E-state index in [0.717, 1.165) is 22.3 Å². The van der Waals surface area contributed by atoms with Crippen molar-refractivity contribution in [3.63, 3.8) is 0 Å². The normalized spacial score (nSPS) is 19.7. The number of carbonyl (C=O) groups excluding carboxylic acids is 2. The highest BCUT2D eigenvalue weighted by Crippen LogP contribution is 2.44. The largest absolute Gasteiger partial charge is 0.481 e. The van der Waals surface area contributed by atoms with Gasteiger partial charge in [0.1, 0.15) is 12.6 Å². The summed E-state index contributed by atoms with van der Waals surface area (Å²) in [6, 6.07) is 14.9. The number of carbonyl (C=O) groups is 3. The molecule has 2 aliphatic rings. The van der Waals surface area contributed by atoms with Gasteiger partial charge in [0.05, 0.1) is 5.92 Å². The number of benzene rings is 2. The average Bonchev–Trinajstić information content (AvgIpc) is 3.38. The molecule has 4 rings (SSSR count). The zero-order chi connectivity index (χ0) is 24.5. The van der Waals surface area contributed by atoms with Gasteiger partial charge in [-0.05, 0) is 34.1 Å². The van der Waals surface area contributed by atoms with Gasteiger partial charge in [-0.3, -0.25) is 9.59 Å². The van der Waals surface area contributed by atoms with E-state index in [-0.39, 0.29) is 24.5 Å². The minimum atomic E-state index is -0.919. The molecule has 178 valence electrons. The molecule has 0 saturated carbocycles. The lowest BCUT2D eigenvalue weighted by Crippen LogP contribution is -2.55. The highest BCUT2D eigenvalue weighted by atomic mass is 16.5. The quantitative estimate of drug-likeness (QED) is 0.561. The van der Waals surface area contributed by atoms with Gasteiger partial charge in [-0.2, -0.15) is 0 Å². The van der Waals surface area contributed by atoms with E-state index in [9.17, 15) is 14.4 Å². The van der Waals surface area contributed by atoms with Crippen LogP contribution in [-0.2, 0) is 14.3 Å².